The van der Waals surface area contributed by atoms with Crippen LogP contribution >= 0.6 is 0 Å². The molecule has 0 bridgehead atoms. The van der Waals surface area contributed by atoms with Gasteiger partial charge in [-0.2, -0.15) is 4.31 Å². The minimum absolute atomic E-state index is 0.140. The van der Waals surface area contributed by atoms with Crippen molar-refractivity contribution in [2.24, 2.45) is 0 Å². The monoisotopic (exact) mass is 444 g/mol. The summed E-state index contributed by atoms with van der Waals surface area (Å²) in [5.41, 5.74) is 0. The van der Waals surface area contributed by atoms with Crippen molar-refractivity contribution in [1.82, 2.24) is 19.0 Å². The summed E-state index contributed by atoms with van der Waals surface area (Å²) < 4.78 is 53.8. The molecule has 0 aromatic heterocycles. The summed E-state index contributed by atoms with van der Waals surface area (Å²) in [7, 11) is -0.598. The Morgan fingerprint density at radius 2 is 1.80 bits per heavy atom. The predicted molar refractivity (Wildman–Crippen MR) is 110 cm³/mol. The lowest BCUT2D eigenvalue weighted by atomic mass is 10.1. The first-order valence-electron chi connectivity index (χ1n) is 10.4. The lowest BCUT2D eigenvalue weighted by Gasteiger charge is -2.34. The van der Waals surface area contributed by atoms with Crippen LogP contribution in [0.2, 0.25) is 0 Å². The third kappa shape index (κ3) is 5.09. The Morgan fingerprint density at radius 3 is 2.43 bits per heavy atom. The van der Waals surface area contributed by atoms with Gasteiger partial charge in [-0.15, -0.1) is 0 Å². The number of likely N-dealkylation sites (tertiary alicyclic amines) is 1. The molecule has 1 aromatic rings. The zero-order valence-electron chi connectivity index (χ0n) is 17.6. The highest BCUT2D eigenvalue weighted by atomic mass is 32.2. The predicted octanol–water partition coefficient (Wildman–Crippen LogP) is 2.20. The molecule has 0 radical (unpaired) electrons. The first-order valence-corrected chi connectivity index (χ1v) is 11.8. The second kappa shape index (κ2) is 9.57. The molecule has 2 saturated heterocycles. The van der Waals surface area contributed by atoms with Crippen molar-refractivity contribution in [1.29, 1.82) is 0 Å². The molecule has 2 amide bonds. The summed E-state index contributed by atoms with van der Waals surface area (Å²) >= 11 is 0. The number of carbonyl (C=O) groups excluding carboxylic acids is 1. The Morgan fingerprint density at radius 1 is 1.10 bits per heavy atom. The zero-order chi connectivity index (χ0) is 21.9. The van der Waals surface area contributed by atoms with Gasteiger partial charge in [0.1, 0.15) is 0 Å². The minimum Gasteiger partial charge on any atom is -0.331 e. The summed E-state index contributed by atoms with van der Waals surface area (Å²) in [4.78, 5) is 18.1. The average molecular weight is 445 g/mol. The van der Waals surface area contributed by atoms with E-state index in [1.807, 2.05) is 0 Å². The third-order valence-electron chi connectivity index (χ3n) is 5.83. The smallest absolute Gasteiger partial charge is 0.319 e. The standard InChI is InChI=1S/C20H30F2N4O3S/c1-23(2)20(27)26(13-12-24-9-4-3-5-10-24)16-8-11-25(15-16)30(28,29)17-6-7-18(21)19(22)14-17/h6-7,14,16H,3-5,8-13,15H2,1-2H3. The number of nitrogens with zero attached hydrogens (tertiary/aromatic N) is 4. The van der Waals surface area contributed by atoms with E-state index >= 15 is 0 Å². The van der Waals surface area contributed by atoms with E-state index in [1.54, 1.807) is 19.0 Å². The van der Waals surface area contributed by atoms with Crippen molar-refractivity contribution in [2.75, 3.05) is 53.4 Å². The first kappa shape index (κ1) is 22.9. The van der Waals surface area contributed by atoms with Gasteiger partial charge in [-0.1, -0.05) is 6.42 Å². The number of benzene rings is 1. The number of carbonyl (C=O) groups is 1. The normalized spacial score (nSPS) is 21.0. The van der Waals surface area contributed by atoms with Crippen LogP contribution in [0.5, 0.6) is 0 Å². The van der Waals surface area contributed by atoms with E-state index in [-0.39, 0.29) is 30.1 Å². The molecular weight excluding hydrogens is 414 g/mol. The van der Waals surface area contributed by atoms with E-state index in [4.69, 9.17) is 0 Å². The molecule has 10 heteroatoms. The zero-order valence-corrected chi connectivity index (χ0v) is 18.4. The van der Waals surface area contributed by atoms with Crippen LogP contribution in [0.4, 0.5) is 13.6 Å². The molecule has 0 spiro atoms. The molecule has 1 aromatic carbocycles. The minimum atomic E-state index is -3.96. The van der Waals surface area contributed by atoms with Crippen LogP contribution in [-0.2, 0) is 10.0 Å². The van der Waals surface area contributed by atoms with Crippen LogP contribution < -0.4 is 0 Å². The van der Waals surface area contributed by atoms with Crippen molar-refractivity contribution >= 4 is 16.1 Å². The van der Waals surface area contributed by atoms with E-state index in [2.05, 4.69) is 4.90 Å². The lowest BCUT2D eigenvalue weighted by molar-refractivity contribution is 0.134. The first-order chi connectivity index (χ1) is 14.2. The Hall–Kier alpha value is -1.78. The highest BCUT2D eigenvalue weighted by Gasteiger charge is 2.37. The summed E-state index contributed by atoms with van der Waals surface area (Å²) in [6.45, 7) is 3.69. The summed E-state index contributed by atoms with van der Waals surface area (Å²) in [5, 5.41) is 0. The van der Waals surface area contributed by atoms with Gasteiger partial charge in [-0.3, -0.25) is 0 Å². The average Bonchev–Trinajstić information content (AvgIpc) is 3.21. The maximum Gasteiger partial charge on any atom is 0.319 e. The summed E-state index contributed by atoms with van der Waals surface area (Å²) in [6, 6.07) is 2.18. The van der Waals surface area contributed by atoms with E-state index in [0.717, 1.165) is 44.6 Å². The number of hydrogen-bond acceptors (Lipinski definition) is 4. The van der Waals surface area contributed by atoms with Gasteiger partial charge in [-0.05, 0) is 50.6 Å². The lowest BCUT2D eigenvalue weighted by Crippen LogP contribution is -2.50. The van der Waals surface area contributed by atoms with Gasteiger partial charge < -0.3 is 14.7 Å². The van der Waals surface area contributed by atoms with Crippen molar-refractivity contribution in [3.8, 4) is 0 Å². The number of rotatable bonds is 6. The van der Waals surface area contributed by atoms with E-state index < -0.39 is 21.7 Å². The van der Waals surface area contributed by atoms with Crippen molar-refractivity contribution < 1.29 is 22.0 Å². The molecule has 1 unspecified atom stereocenters. The maximum atomic E-state index is 13.6. The second-order valence-corrected chi connectivity index (χ2v) is 10.1. The summed E-state index contributed by atoms with van der Waals surface area (Å²) in [6.07, 6.45) is 4.05. The topological polar surface area (TPSA) is 64.2 Å². The Labute approximate surface area is 177 Å². The van der Waals surface area contributed by atoms with Gasteiger partial charge in [-0.25, -0.2) is 22.0 Å². The van der Waals surface area contributed by atoms with Crippen LogP contribution in [0.1, 0.15) is 25.7 Å². The van der Waals surface area contributed by atoms with Crippen molar-refractivity contribution in [3.63, 3.8) is 0 Å². The number of urea groups is 1. The molecule has 30 heavy (non-hydrogen) atoms. The Balaban J connectivity index is 1.71. The Bertz CT molecular complexity index is 860. The molecule has 7 nitrogen and oxygen atoms in total. The van der Waals surface area contributed by atoms with Gasteiger partial charge in [0.2, 0.25) is 10.0 Å². The van der Waals surface area contributed by atoms with Crippen LogP contribution in [0.3, 0.4) is 0 Å². The Kier molecular flexibility index (Phi) is 7.30. The van der Waals surface area contributed by atoms with Crippen molar-refractivity contribution in [2.45, 2.75) is 36.6 Å². The molecule has 2 aliphatic rings. The highest BCUT2D eigenvalue weighted by molar-refractivity contribution is 7.89. The van der Waals surface area contributed by atoms with Crippen LogP contribution in [0.25, 0.3) is 0 Å². The van der Waals surface area contributed by atoms with Crippen LogP contribution in [0, 0.1) is 11.6 Å². The van der Waals surface area contributed by atoms with Gasteiger partial charge in [0.05, 0.1) is 4.90 Å². The fraction of sp³-hybridized carbons (Fsp3) is 0.650. The number of halogens is 2. The van der Waals surface area contributed by atoms with Gasteiger partial charge in [0.15, 0.2) is 11.6 Å². The number of amides is 2. The molecule has 0 aliphatic carbocycles. The molecule has 0 saturated carbocycles. The molecule has 2 fully saturated rings. The molecule has 168 valence electrons. The van der Waals surface area contributed by atoms with Crippen molar-refractivity contribution in [3.05, 3.63) is 29.8 Å². The van der Waals surface area contributed by atoms with Gasteiger partial charge in [0, 0.05) is 46.3 Å². The molecule has 3 rings (SSSR count). The SMILES string of the molecule is CN(C)C(=O)N(CCN1CCCCC1)C1CCN(S(=O)(=O)c2ccc(F)c(F)c2)C1. The number of piperidine rings is 1. The van der Waals surface area contributed by atoms with Crippen LogP contribution in [-0.4, -0.2) is 92.9 Å². The maximum absolute atomic E-state index is 13.6. The molecule has 1 atom stereocenters. The quantitative estimate of drug-likeness (QED) is 0.675. The molecule has 2 aliphatic heterocycles. The second-order valence-electron chi connectivity index (χ2n) is 8.15. The fourth-order valence-electron chi connectivity index (χ4n) is 4.09. The molecular formula is C20H30F2N4O3S. The molecule has 0 N–H and O–H groups in total. The third-order valence-corrected chi connectivity index (χ3v) is 7.69. The fourth-order valence-corrected chi connectivity index (χ4v) is 5.60. The van der Waals surface area contributed by atoms with E-state index in [1.165, 1.54) is 15.6 Å². The van der Waals surface area contributed by atoms with Gasteiger partial charge in [0.25, 0.3) is 0 Å². The molecule has 2 heterocycles. The highest BCUT2D eigenvalue weighted by Crippen LogP contribution is 2.25. The van der Waals surface area contributed by atoms with Crippen LogP contribution in [0.15, 0.2) is 23.1 Å². The largest absolute Gasteiger partial charge is 0.331 e. The summed E-state index contributed by atoms with van der Waals surface area (Å²) in [5.74, 6) is -2.29. The number of hydrogen-bond donors (Lipinski definition) is 0. The van der Waals surface area contributed by atoms with E-state index in [9.17, 15) is 22.0 Å². The van der Waals surface area contributed by atoms with Gasteiger partial charge >= 0.3 is 6.03 Å². The van der Waals surface area contributed by atoms with E-state index in [0.29, 0.717) is 19.0 Å². The number of sulfonamides is 1.